The van der Waals surface area contributed by atoms with Crippen LogP contribution in [-0.2, 0) is 11.2 Å². The van der Waals surface area contributed by atoms with Gasteiger partial charge in [-0.2, -0.15) is 0 Å². The molecule has 3 aromatic rings. The highest BCUT2D eigenvalue weighted by molar-refractivity contribution is 7.10. The number of nitrogens with one attached hydrogen (secondary N) is 1. The largest absolute Gasteiger partial charge is 0.487 e. The molecule has 0 saturated carbocycles. The van der Waals surface area contributed by atoms with E-state index in [2.05, 4.69) is 15.5 Å². The van der Waals surface area contributed by atoms with Gasteiger partial charge in [-0.3, -0.25) is 4.79 Å². The minimum Gasteiger partial charge on any atom is -0.487 e. The average Bonchev–Trinajstić information content (AvgIpc) is 3.39. The Bertz CT molecular complexity index is 1040. The summed E-state index contributed by atoms with van der Waals surface area (Å²) in [7, 11) is 1.50. The number of nitrogens with zero attached hydrogens (tertiary/aromatic N) is 2. The first-order valence-corrected chi connectivity index (χ1v) is 9.87. The molecule has 6 nitrogen and oxygen atoms in total. The lowest BCUT2D eigenvalue weighted by atomic mass is 10.0. The summed E-state index contributed by atoms with van der Waals surface area (Å²) in [5.74, 6) is 0.368. The molecule has 0 fully saturated rings. The van der Waals surface area contributed by atoms with Gasteiger partial charge >= 0.3 is 0 Å². The molecule has 4 rings (SSSR count). The summed E-state index contributed by atoms with van der Waals surface area (Å²) in [6.45, 7) is 0.317. The molecule has 1 aliphatic rings. The van der Waals surface area contributed by atoms with Crippen LogP contribution in [0.15, 0.2) is 47.9 Å². The maximum Gasteiger partial charge on any atom is 0.244 e. The number of halogens is 1. The van der Waals surface area contributed by atoms with Crippen molar-refractivity contribution in [3.05, 3.63) is 64.1 Å². The fourth-order valence-electron chi connectivity index (χ4n) is 3.09. The summed E-state index contributed by atoms with van der Waals surface area (Å²) in [6, 6.07) is 10.0. The molecule has 0 radical (unpaired) electrons. The predicted octanol–water partition coefficient (Wildman–Crippen LogP) is 3.49. The first-order chi connectivity index (χ1) is 14.1. The standard InChI is InChI=1S/C21H18FN3O3S/c1-27-20-7-5-18(24-25-20)17-11-14(22)9-13-10-15(28-21(13)17)12-23-19(26)6-4-16-3-2-8-29-16/h2-9,11,15H,10,12H2,1H3,(H,23,26)/b6-4+/t15-/m0/s1. The summed E-state index contributed by atoms with van der Waals surface area (Å²) in [5.41, 5.74) is 1.76. The average molecular weight is 411 g/mol. The van der Waals surface area contributed by atoms with Gasteiger partial charge in [-0.1, -0.05) is 6.07 Å². The number of benzene rings is 1. The van der Waals surface area contributed by atoms with Crippen LogP contribution < -0.4 is 14.8 Å². The van der Waals surface area contributed by atoms with Gasteiger partial charge in [0.15, 0.2) is 0 Å². The van der Waals surface area contributed by atoms with Crippen LogP contribution in [0.5, 0.6) is 11.6 Å². The monoisotopic (exact) mass is 411 g/mol. The van der Waals surface area contributed by atoms with Crippen LogP contribution in [0.4, 0.5) is 4.39 Å². The molecule has 2 aromatic heterocycles. The van der Waals surface area contributed by atoms with Gasteiger partial charge < -0.3 is 14.8 Å². The molecular weight excluding hydrogens is 393 g/mol. The lowest BCUT2D eigenvalue weighted by molar-refractivity contribution is -0.116. The van der Waals surface area contributed by atoms with Crippen molar-refractivity contribution in [3.8, 4) is 22.9 Å². The van der Waals surface area contributed by atoms with Gasteiger partial charge in [-0.15, -0.1) is 21.5 Å². The van der Waals surface area contributed by atoms with Crippen molar-refractivity contribution in [1.29, 1.82) is 0 Å². The first kappa shape index (κ1) is 19.1. The molecule has 1 N–H and O–H groups in total. The van der Waals surface area contributed by atoms with Gasteiger partial charge in [0.05, 0.1) is 19.3 Å². The molecule has 0 saturated heterocycles. The van der Waals surface area contributed by atoms with E-state index in [4.69, 9.17) is 9.47 Å². The summed E-state index contributed by atoms with van der Waals surface area (Å²) in [6.07, 6.45) is 3.47. The minimum absolute atomic E-state index is 0.203. The Labute approximate surface area is 171 Å². The molecule has 0 unspecified atom stereocenters. The van der Waals surface area contributed by atoms with Gasteiger partial charge in [0, 0.05) is 34.6 Å². The second-order valence-corrected chi connectivity index (χ2v) is 7.42. The Balaban J connectivity index is 1.44. The number of aromatic nitrogens is 2. The normalized spacial score (nSPS) is 15.2. The quantitative estimate of drug-likeness (QED) is 0.629. The fourth-order valence-corrected chi connectivity index (χ4v) is 3.71. The van der Waals surface area contributed by atoms with E-state index in [0.717, 1.165) is 10.4 Å². The molecule has 1 atom stereocenters. The molecule has 8 heteroatoms. The van der Waals surface area contributed by atoms with E-state index in [1.54, 1.807) is 29.5 Å². The Morgan fingerprint density at radius 3 is 3.00 bits per heavy atom. The topological polar surface area (TPSA) is 73.3 Å². The van der Waals surface area contributed by atoms with E-state index in [0.29, 0.717) is 35.9 Å². The third-order valence-electron chi connectivity index (χ3n) is 4.43. The molecule has 1 aromatic carbocycles. The summed E-state index contributed by atoms with van der Waals surface area (Å²) >= 11 is 1.56. The van der Waals surface area contributed by atoms with E-state index in [1.165, 1.54) is 25.3 Å². The van der Waals surface area contributed by atoms with Crippen LogP contribution in [-0.4, -0.2) is 35.9 Å². The summed E-state index contributed by atoms with van der Waals surface area (Å²) < 4.78 is 25.1. The molecule has 29 heavy (non-hydrogen) atoms. The van der Waals surface area contributed by atoms with Crippen LogP contribution >= 0.6 is 11.3 Å². The zero-order valence-corrected chi connectivity index (χ0v) is 16.4. The summed E-state index contributed by atoms with van der Waals surface area (Å²) in [5, 5.41) is 12.8. The zero-order chi connectivity index (χ0) is 20.2. The highest BCUT2D eigenvalue weighted by atomic mass is 32.1. The summed E-state index contributed by atoms with van der Waals surface area (Å²) in [4.78, 5) is 13.0. The van der Waals surface area contributed by atoms with Crippen LogP contribution in [0, 0.1) is 5.82 Å². The number of thiophene rings is 1. The molecule has 1 amide bonds. The SMILES string of the molecule is COc1ccc(-c2cc(F)cc3c2O[C@H](CNC(=O)/C=C/c2cccs2)C3)nn1. The molecule has 3 heterocycles. The second kappa shape index (κ2) is 8.40. The van der Waals surface area contributed by atoms with Crippen LogP contribution in [0.25, 0.3) is 17.3 Å². The molecule has 1 aliphatic heterocycles. The number of methoxy groups -OCH3 is 1. The van der Waals surface area contributed by atoms with Gasteiger partial charge in [-0.05, 0) is 35.7 Å². The minimum atomic E-state index is -0.372. The molecule has 0 bridgehead atoms. The molecular formula is C21H18FN3O3S. The zero-order valence-electron chi connectivity index (χ0n) is 15.6. The lowest BCUT2D eigenvalue weighted by Crippen LogP contribution is -2.33. The fraction of sp³-hybridized carbons (Fsp3) is 0.190. The molecule has 0 spiro atoms. The number of carbonyl (C=O) groups is 1. The van der Waals surface area contributed by atoms with E-state index in [-0.39, 0.29) is 17.8 Å². The number of hydrogen-bond donors (Lipinski definition) is 1. The van der Waals surface area contributed by atoms with Crippen LogP contribution in [0.1, 0.15) is 10.4 Å². The van der Waals surface area contributed by atoms with Crippen LogP contribution in [0.2, 0.25) is 0 Å². The number of rotatable bonds is 6. The third kappa shape index (κ3) is 4.43. The molecule has 148 valence electrons. The van der Waals surface area contributed by atoms with Crippen molar-refractivity contribution in [3.63, 3.8) is 0 Å². The van der Waals surface area contributed by atoms with Gasteiger partial charge in [-0.25, -0.2) is 4.39 Å². The van der Waals surface area contributed by atoms with E-state index >= 15 is 0 Å². The number of amides is 1. The van der Waals surface area contributed by atoms with E-state index in [9.17, 15) is 9.18 Å². The Morgan fingerprint density at radius 1 is 1.38 bits per heavy atom. The number of hydrogen-bond acceptors (Lipinski definition) is 6. The van der Waals surface area contributed by atoms with Crippen LogP contribution in [0.3, 0.4) is 0 Å². The van der Waals surface area contributed by atoms with Gasteiger partial charge in [0.1, 0.15) is 17.7 Å². The number of ether oxygens (including phenoxy) is 2. The smallest absolute Gasteiger partial charge is 0.244 e. The van der Waals surface area contributed by atoms with Crippen molar-refractivity contribution in [2.45, 2.75) is 12.5 Å². The van der Waals surface area contributed by atoms with Crippen molar-refractivity contribution in [1.82, 2.24) is 15.5 Å². The van der Waals surface area contributed by atoms with Gasteiger partial charge in [0.25, 0.3) is 0 Å². The maximum atomic E-state index is 14.1. The number of fused-ring (bicyclic) bond motifs is 1. The Morgan fingerprint density at radius 2 is 2.28 bits per heavy atom. The third-order valence-corrected chi connectivity index (χ3v) is 5.27. The van der Waals surface area contributed by atoms with E-state index in [1.807, 2.05) is 17.5 Å². The van der Waals surface area contributed by atoms with Crippen molar-refractivity contribution in [2.24, 2.45) is 0 Å². The highest BCUT2D eigenvalue weighted by Crippen LogP contribution is 2.38. The van der Waals surface area contributed by atoms with Crippen molar-refractivity contribution >= 4 is 23.3 Å². The second-order valence-electron chi connectivity index (χ2n) is 6.44. The Kier molecular flexibility index (Phi) is 5.53. The van der Waals surface area contributed by atoms with Crippen molar-refractivity contribution < 1.29 is 18.7 Å². The van der Waals surface area contributed by atoms with Crippen molar-refractivity contribution in [2.75, 3.05) is 13.7 Å². The lowest BCUT2D eigenvalue weighted by Gasteiger charge is -2.12. The Hall–Kier alpha value is -3.26. The number of carbonyl (C=O) groups excluding carboxylic acids is 1. The maximum absolute atomic E-state index is 14.1. The first-order valence-electron chi connectivity index (χ1n) is 8.99. The predicted molar refractivity (Wildman–Crippen MR) is 108 cm³/mol. The highest BCUT2D eigenvalue weighted by Gasteiger charge is 2.27. The molecule has 0 aliphatic carbocycles. The van der Waals surface area contributed by atoms with E-state index < -0.39 is 0 Å². The van der Waals surface area contributed by atoms with Gasteiger partial charge in [0.2, 0.25) is 11.8 Å².